The van der Waals surface area contributed by atoms with Gasteiger partial charge in [0.2, 0.25) is 0 Å². The molecule has 1 aliphatic carbocycles. The highest BCUT2D eigenvalue weighted by molar-refractivity contribution is 6.30. The molecule has 5 heteroatoms. The van der Waals surface area contributed by atoms with Crippen molar-refractivity contribution in [3.05, 3.63) is 28.8 Å². The van der Waals surface area contributed by atoms with Crippen LogP contribution in [-0.2, 0) is 4.79 Å². The van der Waals surface area contributed by atoms with Crippen molar-refractivity contribution in [2.75, 3.05) is 4.90 Å². The monoisotopic (exact) mass is 304 g/mol. The first-order chi connectivity index (χ1) is 10.1. The van der Waals surface area contributed by atoms with Gasteiger partial charge in [-0.1, -0.05) is 24.4 Å². The van der Waals surface area contributed by atoms with Crippen LogP contribution in [0.1, 0.15) is 37.7 Å². The van der Waals surface area contributed by atoms with Crippen LogP contribution in [0.25, 0.3) is 0 Å². The zero-order valence-corrected chi connectivity index (χ0v) is 12.4. The molecule has 3 rings (SSSR count). The number of nitriles is 1. The first-order valence-corrected chi connectivity index (χ1v) is 7.70. The smallest absolute Gasteiger partial charge is 0.326 e. The van der Waals surface area contributed by atoms with Crippen LogP contribution in [-0.4, -0.2) is 23.2 Å². The Hall–Kier alpha value is -1.73. The summed E-state index contributed by atoms with van der Waals surface area (Å²) in [6.45, 7) is 0. The third kappa shape index (κ3) is 2.47. The summed E-state index contributed by atoms with van der Waals surface area (Å²) in [7, 11) is 0. The second kappa shape index (κ2) is 5.57. The molecule has 3 unspecified atom stereocenters. The zero-order valence-electron chi connectivity index (χ0n) is 11.6. The Bertz CT molecular complexity index is 611. The lowest BCUT2D eigenvalue weighted by molar-refractivity contribution is -0.138. The molecule has 21 heavy (non-hydrogen) atoms. The average Bonchev–Trinajstić information content (AvgIpc) is 2.86. The predicted molar refractivity (Wildman–Crippen MR) is 80.4 cm³/mol. The van der Waals surface area contributed by atoms with E-state index < -0.39 is 12.0 Å². The molecule has 2 fully saturated rings. The van der Waals surface area contributed by atoms with Crippen LogP contribution in [0, 0.1) is 17.2 Å². The molecule has 0 spiro atoms. The highest BCUT2D eigenvalue weighted by Crippen LogP contribution is 2.43. The molecule has 2 aliphatic rings. The standard InChI is InChI=1S/C16H17ClN2O2/c17-12-5-6-14(11(7-12)9-18)19-13-4-2-1-3-10(13)8-15(19)16(20)21/h5-7,10,13,15H,1-4,8H2,(H,20,21). The number of benzene rings is 1. The van der Waals surface area contributed by atoms with Crippen molar-refractivity contribution in [1.29, 1.82) is 5.26 Å². The Balaban J connectivity index is 2.05. The first-order valence-electron chi connectivity index (χ1n) is 7.32. The summed E-state index contributed by atoms with van der Waals surface area (Å²) in [6, 6.07) is 6.97. The van der Waals surface area contributed by atoms with Crippen molar-refractivity contribution in [2.45, 2.75) is 44.2 Å². The molecule has 1 aromatic carbocycles. The minimum absolute atomic E-state index is 0.230. The highest BCUT2D eigenvalue weighted by atomic mass is 35.5. The topological polar surface area (TPSA) is 64.3 Å². The maximum atomic E-state index is 11.6. The van der Waals surface area contributed by atoms with Crippen LogP contribution < -0.4 is 4.90 Å². The zero-order chi connectivity index (χ0) is 15.0. The summed E-state index contributed by atoms with van der Waals surface area (Å²) in [5.74, 6) is -0.384. The lowest BCUT2D eigenvalue weighted by Crippen LogP contribution is -2.42. The molecule has 3 atom stereocenters. The number of carboxylic acids is 1. The molecular weight excluding hydrogens is 288 g/mol. The highest BCUT2D eigenvalue weighted by Gasteiger charge is 2.45. The fourth-order valence-electron chi connectivity index (χ4n) is 3.85. The summed E-state index contributed by atoms with van der Waals surface area (Å²) in [6.07, 6.45) is 5.06. The van der Waals surface area contributed by atoms with E-state index in [0.717, 1.165) is 19.3 Å². The first kappa shape index (κ1) is 14.2. The Morgan fingerprint density at radius 2 is 2.14 bits per heavy atom. The van der Waals surface area contributed by atoms with Gasteiger partial charge in [-0.25, -0.2) is 4.79 Å². The molecule has 1 saturated carbocycles. The molecular formula is C16H17ClN2O2. The molecule has 1 aliphatic heterocycles. The fourth-order valence-corrected chi connectivity index (χ4v) is 4.02. The van der Waals surface area contributed by atoms with Gasteiger partial charge in [0.1, 0.15) is 12.1 Å². The van der Waals surface area contributed by atoms with Gasteiger partial charge in [0.25, 0.3) is 0 Å². The van der Waals surface area contributed by atoms with Crippen molar-refractivity contribution in [1.82, 2.24) is 0 Å². The molecule has 0 radical (unpaired) electrons. The summed E-state index contributed by atoms with van der Waals surface area (Å²) < 4.78 is 0. The molecule has 0 amide bonds. The number of fused-ring (bicyclic) bond motifs is 1. The number of anilines is 1. The van der Waals surface area contributed by atoms with E-state index in [9.17, 15) is 15.2 Å². The van der Waals surface area contributed by atoms with Gasteiger partial charge in [-0.05, 0) is 43.4 Å². The molecule has 110 valence electrons. The SMILES string of the molecule is N#Cc1cc(Cl)ccc1N1C(C(=O)O)CC2CCCCC21. The molecule has 0 bridgehead atoms. The number of hydrogen-bond donors (Lipinski definition) is 1. The van der Waals surface area contributed by atoms with Crippen molar-refractivity contribution in [3.63, 3.8) is 0 Å². The van der Waals surface area contributed by atoms with Crippen molar-refractivity contribution >= 4 is 23.3 Å². The third-order valence-corrected chi connectivity index (χ3v) is 4.97. The lowest BCUT2D eigenvalue weighted by atomic mass is 9.84. The number of rotatable bonds is 2. The van der Waals surface area contributed by atoms with E-state index in [0.29, 0.717) is 28.6 Å². The van der Waals surface area contributed by atoms with Crippen LogP contribution in [0.4, 0.5) is 5.69 Å². The molecule has 4 nitrogen and oxygen atoms in total. The predicted octanol–water partition coefficient (Wildman–Crippen LogP) is 3.43. The van der Waals surface area contributed by atoms with Crippen molar-refractivity contribution in [2.24, 2.45) is 5.92 Å². The van der Waals surface area contributed by atoms with E-state index in [1.54, 1.807) is 18.2 Å². The normalized spacial score (nSPS) is 28.0. The van der Waals surface area contributed by atoms with E-state index in [1.807, 2.05) is 4.90 Å². The van der Waals surface area contributed by atoms with Crippen LogP contribution >= 0.6 is 11.6 Å². The van der Waals surface area contributed by atoms with Crippen LogP contribution in [0.5, 0.6) is 0 Å². The third-order valence-electron chi connectivity index (χ3n) is 4.73. The molecule has 0 aromatic heterocycles. The number of nitrogens with zero attached hydrogens (tertiary/aromatic N) is 2. The van der Waals surface area contributed by atoms with Crippen molar-refractivity contribution in [3.8, 4) is 6.07 Å². The second-order valence-electron chi connectivity index (χ2n) is 5.88. The van der Waals surface area contributed by atoms with Gasteiger partial charge >= 0.3 is 5.97 Å². The van der Waals surface area contributed by atoms with Crippen molar-refractivity contribution < 1.29 is 9.90 Å². The number of hydrogen-bond acceptors (Lipinski definition) is 3. The fraction of sp³-hybridized carbons (Fsp3) is 0.500. The molecule has 1 N–H and O–H groups in total. The van der Waals surface area contributed by atoms with E-state index in [2.05, 4.69) is 6.07 Å². The Kier molecular flexibility index (Phi) is 3.77. The maximum Gasteiger partial charge on any atom is 0.326 e. The van der Waals surface area contributed by atoms with Crippen LogP contribution in [0.2, 0.25) is 5.02 Å². The van der Waals surface area contributed by atoms with Gasteiger partial charge in [0.15, 0.2) is 0 Å². The van der Waals surface area contributed by atoms with E-state index in [1.165, 1.54) is 6.42 Å². The Morgan fingerprint density at radius 1 is 1.38 bits per heavy atom. The second-order valence-corrected chi connectivity index (χ2v) is 6.32. The molecule has 1 saturated heterocycles. The molecule has 1 aromatic rings. The van der Waals surface area contributed by atoms with Gasteiger partial charge < -0.3 is 10.0 Å². The number of carbonyl (C=O) groups is 1. The number of carboxylic acid groups (broad SMARTS) is 1. The summed E-state index contributed by atoms with van der Waals surface area (Å²) in [5, 5.41) is 19.4. The summed E-state index contributed by atoms with van der Waals surface area (Å²) >= 11 is 5.95. The number of aliphatic carboxylic acids is 1. The molecule has 1 heterocycles. The quantitative estimate of drug-likeness (QED) is 0.909. The van der Waals surface area contributed by atoms with Gasteiger partial charge in [0.05, 0.1) is 11.3 Å². The van der Waals surface area contributed by atoms with E-state index >= 15 is 0 Å². The van der Waals surface area contributed by atoms with E-state index in [-0.39, 0.29) is 6.04 Å². The largest absolute Gasteiger partial charge is 0.480 e. The van der Waals surface area contributed by atoms with Gasteiger partial charge in [-0.3, -0.25) is 0 Å². The van der Waals surface area contributed by atoms with Gasteiger partial charge in [0, 0.05) is 11.1 Å². The Morgan fingerprint density at radius 3 is 2.86 bits per heavy atom. The summed E-state index contributed by atoms with van der Waals surface area (Å²) in [4.78, 5) is 13.6. The average molecular weight is 305 g/mol. The minimum atomic E-state index is -0.803. The maximum absolute atomic E-state index is 11.6. The van der Waals surface area contributed by atoms with E-state index in [4.69, 9.17) is 11.6 Å². The number of halogens is 1. The van der Waals surface area contributed by atoms with Crippen LogP contribution in [0.15, 0.2) is 18.2 Å². The minimum Gasteiger partial charge on any atom is -0.480 e. The van der Waals surface area contributed by atoms with Gasteiger partial charge in [-0.2, -0.15) is 5.26 Å². The van der Waals surface area contributed by atoms with Gasteiger partial charge in [-0.15, -0.1) is 0 Å². The Labute approximate surface area is 128 Å². The summed E-state index contributed by atoms with van der Waals surface area (Å²) in [5.41, 5.74) is 1.17. The lowest BCUT2D eigenvalue weighted by Gasteiger charge is -2.35. The van der Waals surface area contributed by atoms with Crippen LogP contribution in [0.3, 0.4) is 0 Å².